The molecule has 7 heteroatoms. The largest absolute Gasteiger partial charge is 0.382 e. The molecular weight excluding hydrogens is 303 g/mol. The Bertz CT molecular complexity index is 802. The average Bonchev–Trinajstić information content (AvgIpc) is 2.89. The van der Waals surface area contributed by atoms with E-state index in [0.29, 0.717) is 15.6 Å². The minimum atomic E-state index is -0.396. The Morgan fingerprint density at radius 2 is 2.00 bits per heavy atom. The summed E-state index contributed by atoms with van der Waals surface area (Å²) in [6.45, 7) is 0. The van der Waals surface area contributed by atoms with Gasteiger partial charge in [-0.3, -0.25) is 9.78 Å². The van der Waals surface area contributed by atoms with Crippen molar-refractivity contribution >= 4 is 33.8 Å². The van der Waals surface area contributed by atoms with Crippen LogP contribution in [0.5, 0.6) is 0 Å². The molecule has 2 heterocycles. The lowest BCUT2D eigenvalue weighted by Gasteiger charge is -1.99. The van der Waals surface area contributed by atoms with Crippen molar-refractivity contribution in [2.45, 2.75) is 0 Å². The van der Waals surface area contributed by atoms with Crippen molar-refractivity contribution < 1.29 is 9.18 Å². The van der Waals surface area contributed by atoms with Gasteiger partial charge in [-0.15, -0.1) is 0 Å². The van der Waals surface area contributed by atoms with Crippen molar-refractivity contribution in [2.24, 2.45) is 0 Å². The van der Waals surface area contributed by atoms with Gasteiger partial charge in [0.1, 0.15) is 16.5 Å². The quantitative estimate of drug-likeness (QED) is 0.723. The van der Waals surface area contributed by atoms with Gasteiger partial charge in [0.2, 0.25) is 5.78 Å². The van der Waals surface area contributed by atoms with Crippen LogP contribution in [0.2, 0.25) is 0 Å². The van der Waals surface area contributed by atoms with Gasteiger partial charge in [0.25, 0.3) is 0 Å². The predicted molar refractivity (Wildman–Crippen MR) is 83.9 cm³/mol. The Hall–Kier alpha value is -2.80. The standard InChI is InChI=1S/C15H11FN4OS/c16-10-5-3-9(4-6-10)12(21)13-14(17)20-15(22-13)19-11-2-1-7-18-8-11/h1-8H,17H2,(H,19,20). The van der Waals surface area contributed by atoms with E-state index < -0.39 is 5.82 Å². The van der Waals surface area contributed by atoms with Crippen molar-refractivity contribution in [1.82, 2.24) is 9.97 Å². The highest BCUT2D eigenvalue weighted by Gasteiger charge is 2.18. The van der Waals surface area contributed by atoms with Gasteiger partial charge in [0, 0.05) is 11.8 Å². The second-order valence-electron chi connectivity index (χ2n) is 4.44. The first-order valence-electron chi connectivity index (χ1n) is 6.37. The lowest BCUT2D eigenvalue weighted by molar-refractivity contribution is 0.104. The van der Waals surface area contributed by atoms with Gasteiger partial charge in [0.15, 0.2) is 5.13 Å². The predicted octanol–water partition coefficient (Wildman–Crippen LogP) is 3.23. The maximum absolute atomic E-state index is 12.9. The minimum absolute atomic E-state index is 0.144. The summed E-state index contributed by atoms with van der Waals surface area (Å²) in [7, 11) is 0. The third-order valence-corrected chi connectivity index (χ3v) is 3.86. The number of hydrogen-bond donors (Lipinski definition) is 2. The van der Waals surface area contributed by atoms with Crippen LogP contribution in [0.1, 0.15) is 15.2 Å². The molecule has 0 bridgehead atoms. The van der Waals surface area contributed by atoms with Crippen LogP contribution >= 0.6 is 11.3 Å². The highest BCUT2D eigenvalue weighted by atomic mass is 32.1. The van der Waals surface area contributed by atoms with Gasteiger partial charge in [0.05, 0.1) is 11.9 Å². The SMILES string of the molecule is Nc1nc(Nc2cccnc2)sc1C(=O)c1ccc(F)cc1. The molecule has 0 fully saturated rings. The number of anilines is 3. The molecule has 0 unspecified atom stereocenters. The third-order valence-electron chi connectivity index (χ3n) is 2.88. The number of nitrogens with two attached hydrogens (primary N) is 1. The molecule has 0 aliphatic carbocycles. The van der Waals surface area contributed by atoms with E-state index in [0.717, 1.165) is 17.0 Å². The fraction of sp³-hybridized carbons (Fsp3) is 0. The molecule has 0 spiro atoms. The number of halogens is 1. The van der Waals surface area contributed by atoms with E-state index in [1.54, 1.807) is 18.5 Å². The number of carbonyl (C=O) groups excluding carboxylic acids is 1. The molecule has 1 aromatic carbocycles. The summed E-state index contributed by atoms with van der Waals surface area (Å²) in [5.74, 6) is -0.535. The lowest BCUT2D eigenvalue weighted by atomic mass is 10.1. The van der Waals surface area contributed by atoms with E-state index in [1.807, 2.05) is 6.07 Å². The molecule has 3 rings (SSSR count). The molecule has 0 aliphatic rings. The van der Waals surface area contributed by atoms with Crippen molar-refractivity contribution in [2.75, 3.05) is 11.1 Å². The summed E-state index contributed by atoms with van der Waals surface area (Å²) in [6, 6.07) is 8.92. The molecule has 3 N–H and O–H groups in total. The number of nitrogens with zero attached hydrogens (tertiary/aromatic N) is 2. The number of aromatic nitrogens is 2. The van der Waals surface area contributed by atoms with E-state index in [4.69, 9.17) is 5.73 Å². The Morgan fingerprint density at radius 3 is 2.68 bits per heavy atom. The van der Waals surface area contributed by atoms with Crippen LogP contribution in [0.25, 0.3) is 0 Å². The number of pyridine rings is 1. The molecule has 0 radical (unpaired) electrons. The number of benzene rings is 1. The number of ketones is 1. The Labute approximate surface area is 129 Å². The number of hydrogen-bond acceptors (Lipinski definition) is 6. The molecule has 0 amide bonds. The monoisotopic (exact) mass is 314 g/mol. The zero-order chi connectivity index (χ0) is 15.5. The smallest absolute Gasteiger partial charge is 0.206 e. The van der Waals surface area contributed by atoms with Gasteiger partial charge in [-0.1, -0.05) is 11.3 Å². The molecule has 0 aliphatic heterocycles. The number of nitrogen functional groups attached to an aromatic ring is 1. The second kappa shape index (κ2) is 5.90. The Kier molecular flexibility index (Phi) is 3.80. The van der Waals surface area contributed by atoms with Crippen LogP contribution in [-0.4, -0.2) is 15.8 Å². The number of nitrogens with one attached hydrogen (secondary N) is 1. The maximum Gasteiger partial charge on any atom is 0.206 e. The third kappa shape index (κ3) is 2.94. The van der Waals surface area contributed by atoms with E-state index in [9.17, 15) is 9.18 Å². The van der Waals surface area contributed by atoms with Crippen LogP contribution in [0, 0.1) is 5.82 Å². The fourth-order valence-corrected chi connectivity index (χ4v) is 2.71. The van der Waals surface area contributed by atoms with E-state index >= 15 is 0 Å². The zero-order valence-electron chi connectivity index (χ0n) is 11.3. The fourth-order valence-electron chi connectivity index (χ4n) is 1.84. The van der Waals surface area contributed by atoms with Crippen LogP contribution in [-0.2, 0) is 0 Å². The highest BCUT2D eigenvalue weighted by molar-refractivity contribution is 7.18. The molecule has 0 saturated carbocycles. The summed E-state index contributed by atoms with van der Waals surface area (Å²) in [6.07, 6.45) is 3.30. The molecular formula is C15H11FN4OS. The van der Waals surface area contributed by atoms with Gasteiger partial charge in [-0.2, -0.15) is 0 Å². The summed E-state index contributed by atoms with van der Waals surface area (Å²) >= 11 is 1.14. The first kappa shape index (κ1) is 14.2. The van der Waals surface area contributed by atoms with Gasteiger partial charge >= 0.3 is 0 Å². The van der Waals surface area contributed by atoms with Crippen molar-refractivity contribution in [1.29, 1.82) is 0 Å². The summed E-state index contributed by atoms with van der Waals surface area (Å²) < 4.78 is 12.9. The number of rotatable bonds is 4. The van der Waals surface area contributed by atoms with E-state index in [-0.39, 0.29) is 11.6 Å². The van der Waals surface area contributed by atoms with Crippen LogP contribution < -0.4 is 11.1 Å². The van der Waals surface area contributed by atoms with Gasteiger partial charge in [-0.05, 0) is 36.4 Å². The normalized spacial score (nSPS) is 10.4. The molecule has 110 valence electrons. The first-order chi connectivity index (χ1) is 10.6. The molecule has 3 aromatic rings. The lowest BCUT2D eigenvalue weighted by Crippen LogP contribution is -2.02. The molecule has 2 aromatic heterocycles. The molecule has 5 nitrogen and oxygen atoms in total. The van der Waals surface area contributed by atoms with Gasteiger partial charge < -0.3 is 11.1 Å². The summed E-state index contributed by atoms with van der Waals surface area (Å²) in [5.41, 5.74) is 6.92. The van der Waals surface area contributed by atoms with Crippen LogP contribution in [0.3, 0.4) is 0 Å². The van der Waals surface area contributed by atoms with Crippen molar-refractivity contribution in [3.63, 3.8) is 0 Å². The first-order valence-corrected chi connectivity index (χ1v) is 7.19. The summed E-state index contributed by atoms with van der Waals surface area (Å²) in [5, 5.41) is 3.53. The highest BCUT2D eigenvalue weighted by Crippen LogP contribution is 2.29. The van der Waals surface area contributed by atoms with Crippen LogP contribution in [0.4, 0.5) is 21.0 Å². The number of thiazole rings is 1. The average molecular weight is 314 g/mol. The van der Waals surface area contributed by atoms with Crippen LogP contribution in [0.15, 0.2) is 48.8 Å². The van der Waals surface area contributed by atoms with Gasteiger partial charge in [-0.25, -0.2) is 9.37 Å². The zero-order valence-corrected chi connectivity index (χ0v) is 12.1. The number of carbonyl (C=O) groups is 1. The Morgan fingerprint density at radius 1 is 1.23 bits per heavy atom. The minimum Gasteiger partial charge on any atom is -0.382 e. The molecule has 0 atom stereocenters. The van der Waals surface area contributed by atoms with Crippen molar-refractivity contribution in [3.8, 4) is 0 Å². The molecule has 0 saturated heterocycles. The summed E-state index contributed by atoms with van der Waals surface area (Å²) in [4.78, 5) is 20.8. The topological polar surface area (TPSA) is 80.9 Å². The Balaban J connectivity index is 1.86. The van der Waals surface area contributed by atoms with Crippen molar-refractivity contribution in [3.05, 3.63) is 65.0 Å². The second-order valence-corrected chi connectivity index (χ2v) is 5.44. The van der Waals surface area contributed by atoms with E-state index in [1.165, 1.54) is 24.3 Å². The molecule has 22 heavy (non-hydrogen) atoms. The van der Waals surface area contributed by atoms with E-state index in [2.05, 4.69) is 15.3 Å². The maximum atomic E-state index is 12.9.